The molecule has 2 heterocycles. The second-order valence-electron chi connectivity index (χ2n) is 6.68. The van der Waals surface area contributed by atoms with Gasteiger partial charge in [-0.15, -0.1) is 0 Å². The van der Waals surface area contributed by atoms with Gasteiger partial charge in [-0.05, 0) is 62.4 Å². The predicted octanol–water partition coefficient (Wildman–Crippen LogP) is 5.73. The van der Waals surface area contributed by atoms with Crippen LogP contribution in [-0.4, -0.2) is 9.38 Å². The number of hydrogen-bond donors (Lipinski definition) is 0. The van der Waals surface area contributed by atoms with Gasteiger partial charge in [0.25, 0.3) is 0 Å². The van der Waals surface area contributed by atoms with Gasteiger partial charge in [-0.1, -0.05) is 25.5 Å². The van der Waals surface area contributed by atoms with Crippen LogP contribution < -0.4 is 0 Å². The molecule has 0 amide bonds. The number of pyridine rings is 1. The summed E-state index contributed by atoms with van der Waals surface area (Å²) in [6.45, 7) is 13.3. The van der Waals surface area contributed by atoms with Crippen LogP contribution in [0, 0.1) is 6.92 Å². The van der Waals surface area contributed by atoms with Crippen molar-refractivity contribution >= 4 is 22.1 Å². The van der Waals surface area contributed by atoms with Crippen molar-refractivity contribution in [3.63, 3.8) is 0 Å². The van der Waals surface area contributed by atoms with Crippen molar-refractivity contribution in [2.45, 2.75) is 47.5 Å². The number of hydrogen-bond acceptors (Lipinski definition) is 1. The number of fused-ring (bicyclic) bond motifs is 3. The summed E-state index contributed by atoms with van der Waals surface area (Å²) in [6.07, 6.45) is 3.95. The van der Waals surface area contributed by atoms with E-state index in [4.69, 9.17) is 0 Å². The molecule has 3 aromatic rings. The van der Waals surface area contributed by atoms with E-state index in [1.807, 2.05) is 6.20 Å². The Bertz CT molecular complexity index is 891. The molecule has 1 aromatic carbocycles. The minimum atomic E-state index is 0.531. The molecule has 0 N–H and O–H groups in total. The zero-order chi connectivity index (χ0) is 16.0. The second kappa shape index (κ2) is 5.28. The lowest BCUT2D eigenvalue weighted by Crippen LogP contribution is -1.99. The third-order valence-electron chi connectivity index (χ3n) is 4.69. The van der Waals surface area contributed by atoms with E-state index in [9.17, 15) is 0 Å². The van der Waals surface area contributed by atoms with E-state index in [1.54, 1.807) is 0 Å². The average molecular weight is 292 g/mol. The quantitative estimate of drug-likeness (QED) is 0.589. The average Bonchev–Trinajstić information content (AvgIpc) is 2.96. The topological polar surface area (TPSA) is 17.3 Å². The van der Waals surface area contributed by atoms with Crippen molar-refractivity contribution in [3.05, 3.63) is 52.9 Å². The SMILES string of the molecule is CC(C)=C(C)c1c(C)c2nccn2c2ccc(C(C)C)cc12. The van der Waals surface area contributed by atoms with Gasteiger partial charge >= 0.3 is 0 Å². The van der Waals surface area contributed by atoms with E-state index in [2.05, 4.69) is 75.3 Å². The Balaban J connectivity index is 2.54. The molecule has 2 heteroatoms. The molecule has 0 bridgehead atoms. The van der Waals surface area contributed by atoms with E-state index in [1.165, 1.54) is 38.7 Å². The number of benzene rings is 1. The Labute approximate surface area is 132 Å². The van der Waals surface area contributed by atoms with Crippen LogP contribution in [-0.2, 0) is 0 Å². The third-order valence-corrected chi connectivity index (χ3v) is 4.69. The molecule has 0 saturated heterocycles. The molecule has 0 saturated carbocycles. The number of allylic oxidation sites excluding steroid dienone is 2. The summed E-state index contributed by atoms with van der Waals surface area (Å²) in [5, 5.41) is 1.33. The Morgan fingerprint density at radius 2 is 1.86 bits per heavy atom. The lowest BCUT2D eigenvalue weighted by Gasteiger charge is -2.17. The van der Waals surface area contributed by atoms with E-state index >= 15 is 0 Å². The Hall–Kier alpha value is -2.09. The van der Waals surface area contributed by atoms with Gasteiger partial charge in [0, 0.05) is 23.3 Å². The number of nitrogens with zero attached hydrogens (tertiary/aromatic N) is 2. The summed E-state index contributed by atoms with van der Waals surface area (Å²) < 4.78 is 2.20. The first-order valence-corrected chi connectivity index (χ1v) is 7.95. The van der Waals surface area contributed by atoms with Gasteiger partial charge in [0.15, 0.2) is 0 Å². The summed E-state index contributed by atoms with van der Waals surface area (Å²) in [4.78, 5) is 4.57. The highest BCUT2D eigenvalue weighted by Crippen LogP contribution is 2.34. The molecule has 2 nitrogen and oxygen atoms in total. The highest BCUT2D eigenvalue weighted by molar-refractivity contribution is 5.96. The van der Waals surface area contributed by atoms with Gasteiger partial charge in [-0.3, -0.25) is 4.40 Å². The summed E-state index contributed by atoms with van der Waals surface area (Å²) in [6, 6.07) is 6.83. The minimum absolute atomic E-state index is 0.531. The number of imidazole rings is 1. The molecular formula is C20H24N2. The minimum Gasteiger partial charge on any atom is -0.299 e. The number of rotatable bonds is 2. The van der Waals surface area contributed by atoms with Crippen molar-refractivity contribution in [1.29, 1.82) is 0 Å². The third kappa shape index (κ3) is 2.14. The van der Waals surface area contributed by atoms with Crippen LogP contribution in [0.15, 0.2) is 36.2 Å². The van der Waals surface area contributed by atoms with Crippen molar-refractivity contribution in [1.82, 2.24) is 9.38 Å². The predicted molar refractivity (Wildman–Crippen MR) is 95.5 cm³/mol. The van der Waals surface area contributed by atoms with E-state index in [0.29, 0.717) is 5.92 Å². The molecule has 0 aliphatic carbocycles. The number of aromatic nitrogens is 2. The fourth-order valence-corrected chi connectivity index (χ4v) is 3.15. The Kier molecular flexibility index (Phi) is 3.56. The van der Waals surface area contributed by atoms with Crippen molar-refractivity contribution in [2.75, 3.05) is 0 Å². The second-order valence-corrected chi connectivity index (χ2v) is 6.68. The van der Waals surface area contributed by atoms with Gasteiger partial charge in [0.05, 0.1) is 5.52 Å². The van der Waals surface area contributed by atoms with Gasteiger partial charge in [0.2, 0.25) is 0 Å². The van der Waals surface area contributed by atoms with Crippen LogP contribution in [0.25, 0.3) is 22.1 Å². The largest absolute Gasteiger partial charge is 0.299 e. The highest BCUT2D eigenvalue weighted by atomic mass is 15.0. The molecular weight excluding hydrogens is 268 g/mol. The molecule has 0 atom stereocenters. The maximum Gasteiger partial charge on any atom is 0.140 e. The maximum absolute atomic E-state index is 4.57. The van der Waals surface area contributed by atoms with Crippen LogP contribution in [0.2, 0.25) is 0 Å². The normalized spacial score (nSPS) is 11.6. The van der Waals surface area contributed by atoms with Crippen molar-refractivity contribution in [3.8, 4) is 0 Å². The maximum atomic E-state index is 4.57. The van der Waals surface area contributed by atoms with Crippen LogP contribution in [0.5, 0.6) is 0 Å². The molecule has 0 unspecified atom stereocenters. The van der Waals surface area contributed by atoms with Gasteiger partial charge in [-0.25, -0.2) is 4.98 Å². The first-order chi connectivity index (χ1) is 10.4. The van der Waals surface area contributed by atoms with Crippen LogP contribution in [0.3, 0.4) is 0 Å². The lowest BCUT2D eigenvalue weighted by molar-refractivity contribution is 0.868. The summed E-state index contributed by atoms with van der Waals surface area (Å²) >= 11 is 0. The monoisotopic (exact) mass is 292 g/mol. The lowest BCUT2D eigenvalue weighted by atomic mass is 9.92. The van der Waals surface area contributed by atoms with Crippen LogP contribution in [0.1, 0.15) is 57.2 Å². The molecule has 0 radical (unpaired) electrons. The number of aryl methyl sites for hydroxylation is 1. The van der Waals surface area contributed by atoms with E-state index in [0.717, 1.165) is 5.65 Å². The fourth-order valence-electron chi connectivity index (χ4n) is 3.15. The van der Waals surface area contributed by atoms with Gasteiger partial charge < -0.3 is 0 Å². The fraction of sp³-hybridized carbons (Fsp3) is 0.350. The molecule has 114 valence electrons. The Morgan fingerprint density at radius 1 is 1.14 bits per heavy atom. The van der Waals surface area contributed by atoms with E-state index < -0.39 is 0 Å². The highest BCUT2D eigenvalue weighted by Gasteiger charge is 2.15. The summed E-state index contributed by atoms with van der Waals surface area (Å²) in [7, 11) is 0. The summed E-state index contributed by atoms with van der Waals surface area (Å²) in [5.41, 5.74) is 8.99. The smallest absolute Gasteiger partial charge is 0.140 e. The molecule has 0 aliphatic heterocycles. The Morgan fingerprint density at radius 3 is 2.50 bits per heavy atom. The van der Waals surface area contributed by atoms with Crippen molar-refractivity contribution in [2.24, 2.45) is 0 Å². The molecule has 0 fully saturated rings. The van der Waals surface area contributed by atoms with Crippen LogP contribution >= 0.6 is 0 Å². The van der Waals surface area contributed by atoms with Crippen LogP contribution in [0.4, 0.5) is 0 Å². The summed E-state index contributed by atoms with van der Waals surface area (Å²) in [5.74, 6) is 0.531. The van der Waals surface area contributed by atoms with Gasteiger partial charge in [0.1, 0.15) is 5.65 Å². The van der Waals surface area contributed by atoms with E-state index in [-0.39, 0.29) is 0 Å². The molecule has 2 aromatic heterocycles. The molecule has 0 aliphatic rings. The molecule has 22 heavy (non-hydrogen) atoms. The first-order valence-electron chi connectivity index (χ1n) is 7.95. The molecule has 0 spiro atoms. The zero-order valence-electron chi connectivity index (χ0n) is 14.4. The standard InChI is InChI=1S/C20H24N2/c1-12(2)14(5)19-15(6)20-21-9-10-22(20)18-8-7-16(13(3)4)11-17(18)19/h7-11,13H,1-6H3. The van der Waals surface area contributed by atoms with Gasteiger partial charge in [-0.2, -0.15) is 0 Å². The van der Waals surface area contributed by atoms with Crippen molar-refractivity contribution < 1.29 is 0 Å². The molecule has 3 rings (SSSR count). The zero-order valence-corrected chi connectivity index (χ0v) is 14.4. The first kappa shape index (κ1) is 14.8.